The molecule has 0 saturated heterocycles. The van der Waals surface area contributed by atoms with Crippen LogP contribution in [0.2, 0.25) is 0 Å². The number of rotatable bonds is 30. The highest BCUT2D eigenvalue weighted by Gasteiger charge is 2.40. The zero-order valence-corrected chi connectivity index (χ0v) is 26.4. The molecule has 0 saturated carbocycles. The summed E-state index contributed by atoms with van der Waals surface area (Å²) >= 11 is 0. The lowest BCUT2D eigenvalue weighted by atomic mass is 9.87. The van der Waals surface area contributed by atoms with Crippen molar-refractivity contribution in [3.8, 4) is 0 Å². The zero-order valence-electron chi connectivity index (χ0n) is 26.4. The highest BCUT2D eigenvalue weighted by Crippen LogP contribution is 2.26. The largest absolute Gasteiger partial charge is 0.389 e. The number of unbranched alkanes of at least 4 members (excludes halogenated alkanes) is 24. The average molecular weight is 575 g/mol. The van der Waals surface area contributed by atoms with Gasteiger partial charge in [0.15, 0.2) is 0 Å². The van der Waals surface area contributed by atoms with Gasteiger partial charge in [0.05, 0.1) is 0 Å². The van der Waals surface area contributed by atoms with Crippen LogP contribution in [0.5, 0.6) is 0 Å². The van der Waals surface area contributed by atoms with Gasteiger partial charge < -0.3 is 10.3 Å². The molecule has 0 rings (SSSR count). The van der Waals surface area contributed by atoms with Gasteiger partial charge in [-0.15, -0.1) is 10.1 Å². The van der Waals surface area contributed by atoms with Crippen molar-refractivity contribution in [2.75, 3.05) is 6.61 Å². The van der Waals surface area contributed by atoms with E-state index in [0.29, 0.717) is 12.8 Å². The van der Waals surface area contributed by atoms with Crippen molar-refractivity contribution in [2.45, 2.75) is 199 Å². The van der Waals surface area contributed by atoms with Gasteiger partial charge in [-0.25, -0.2) is 0 Å². The number of hydrogen-bond donors (Lipinski definition) is 2. The summed E-state index contributed by atoms with van der Waals surface area (Å²) in [6.45, 7) is 4.21. The van der Waals surface area contributed by atoms with E-state index in [1.807, 2.05) is 0 Å². The maximum atomic E-state index is 11.8. The lowest BCUT2D eigenvalue weighted by Crippen LogP contribution is -2.42. The Labute approximate surface area is 246 Å². The Morgan fingerprint density at radius 3 is 0.850 bits per heavy atom. The van der Waals surface area contributed by atoms with Crippen LogP contribution in [-0.4, -0.2) is 32.5 Å². The summed E-state index contributed by atoms with van der Waals surface area (Å²) in [6, 6.07) is 0. The lowest BCUT2D eigenvalue weighted by Gasteiger charge is -2.23. The predicted octanol–water partition coefficient (Wildman–Crippen LogP) is 10.6. The smallest absolute Gasteiger partial charge is 0.291 e. The minimum atomic E-state index is -1.50. The molecule has 0 aliphatic rings. The highest BCUT2D eigenvalue weighted by atomic mass is 16.9. The van der Waals surface area contributed by atoms with Crippen LogP contribution in [0.25, 0.3) is 0 Å². The summed E-state index contributed by atoms with van der Waals surface area (Å²) in [7, 11) is 0. The minimum absolute atomic E-state index is 0.175. The SMILES string of the molecule is CCCCCCCCCCCCCCCCCCC(CO)(CCCCCCCCCCCC)[N+](=O)[O-].O=[N+]([O-])O. The minimum Gasteiger partial charge on any atom is -0.389 e. The second-order valence-electron chi connectivity index (χ2n) is 11.9. The third-order valence-corrected chi connectivity index (χ3v) is 8.17. The van der Waals surface area contributed by atoms with Crippen LogP contribution in [0, 0.1) is 20.2 Å². The number of aliphatic hydroxyl groups excluding tert-OH is 1. The summed E-state index contributed by atoms with van der Waals surface area (Å²) in [5.74, 6) is 0. The Hall–Kier alpha value is -1.44. The van der Waals surface area contributed by atoms with Crippen molar-refractivity contribution in [1.29, 1.82) is 0 Å². The van der Waals surface area contributed by atoms with E-state index in [2.05, 4.69) is 13.8 Å². The second-order valence-corrected chi connectivity index (χ2v) is 11.9. The Balaban J connectivity index is 0. The van der Waals surface area contributed by atoms with Crippen LogP contribution in [0.15, 0.2) is 0 Å². The van der Waals surface area contributed by atoms with Gasteiger partial charge in [-0.3, -0.25) is 10.1 Å². The molecule has 0 radical (unpaired) electrons. The van der Waals surface area contributed by atoms with Crippen LogP contribution < -0.4 is 0 Å². The van der Waals surface area contributed by atoms with Gasteiger partial charge in [-0.2, -0.15) is 0 Å². The van der Waals surface area contributed by atoms with Crippen LogP contribution in [-0.2, 0) is 0 Å². The fourth-order valence-corrected chi connectivity index (χ4v) is 5.47. The van der Waals surface area contributed by atoms with Gasteiger partial charge in [-0.05, 0) is 12.8 Å². The molecule has 8 nitrogen and oxygen atoms in total. The molecular formula is C32H66N2O6. The topological polar surface area (TPSA) is 127 Å². The van der Waals surface area contributed by atoms with Crippen molar-refractivity contribution in [3.05, 3.63) is 20.2 Å². The maximum Gasteiger partial charge on any atom is 0.291 e. The molecule has 0 aliphatic carbocycles. The Morgan fingerprint density at radius 2 is 0.675 bits per heavy atom. The molecule has 0 bridgehead atoms. The van der Waals surface area contributed by atoms with E-state index < -0.39 is 10.6 Å². The van der Waals surface area contributed by atoms with E-state index in [0.717, 1.165) is 25.7 Å². The molecule has 40 heavy (non-hydrogen) atoms. The molecule has 1 atom stereocenters. The molecule has 8 heteroatoms. The molecule has 0 aromatic heterocycles. The van der Waals surface area contributed by atoms with Gasteiger partial charge in [0.1, 0.15) is 6.61 Å². The molecule has 0 aromatic carbocycles. The second kappa shape index (κ2) is 32.1. The van der Waals surface area contributed by atoms with Crippen LogP contribution in [0.1, 0.15) is 194 Å². The van der Waals surface area contributed by atoms with E-state index in [4.69, 9.17) is 15.3 Å². The summed E-state index contributed by atoms with van der Waals surface area (Å²) in [6.07, 6.45) is 34.4. The molecule has 0 fully saturated rings. The van der Waals surface area contributed by atoms with Gasteiger partial charge in [0.25, 0.3) is 5.09 Å². The molecular weight excluding hydrogens is 508 g/mol. The maximum absolute atomic E-state index is 11.8. The van der Waals surface area contributed by atoms with Gasteiger partial charge in [0, 0.05) is 17.8 Å². The number of aliphatic hydroxyl groups is 1. The van der Waals surface area contributed by atoms with E-state index in [9.17, 15) is 15.2 Å². The van der Waals surface area contributed by atoms with Crippen LogP contribution >= 0.6 is 0 Å². The molecule has 0 amide bonds. The van der Waals surface area contributed by atoms with Crippen molar-refractivity contribution in [2.24, 2.45) is 0 Å². The van der Waals surface area contributed by atoms with Crippen molar-refractivity contribution < 1.29 is 20.3 Å². The standard InChI is InChI=1S/C32H65NO3.HNO3/c1-3-5-7-9-11-13-15-16-17-18-19-20-22-24-26-28-30-32(31-34,33(35)36)29-27-25-23-21-14-12-10-8-6-4-2;2-1(3)4/h34H,3-31H2,1-2H3;(H,2,3,4). The number of nitro groups is 1. The summed E-state index contributed by atoms with van der Waals surface area (Å²) in [5.41, 5.74) is -1.10. The molecule has 0 spiro atoms. The third-order valence-electron chi connectivity index (χ3n) is 8.17. The molecule has 0 aliphatic heterocycles. The van der Waals surface area contributed by atoms with E-state index in [-0.39, 0.29) is 11.5 Å². The molecule has 1 unspecified atom stereocenters. The van der Waals surface area contributed by atoms with E-state index in [1.165, 1.54) is 141 Å². The molecule has 240 valence electrons. The lowest BCUT2D eigenvalue weighted by molar-refractivity contribution is -0.742. The van der Waals surface area contributed by atoms with Gasteiger partial charge >= 0.3 is 0 Å². The Morgan fingerprint density at radius 1 is 0.475 bits per heavy atom. The fourth-order valence-electron chi connectivity index (χ4n) is 5.47. The molecule has 0 heterocycles. The van der Waals surface area contributed by atoms with Crippen molar-refractivity contribution >= 4 is 0 Å². The number of hydrogen-bond acceptors (Lipinski definition) is 5. The normalized spacial score (nSPS) is 12.5. The van der Waals surface area contributed by atoms with Gasteiger partial charge in [-0.1, -0.05) is 168 Å². The fraction of sp³-hybridized carbons (Fsp3) is 1.00. The Bertz CT molecular complexity index is 545. The summed E-state index contributed by atoms with van der Waals surface area (Å²) < 4.78 is 0. The highest BCUT2D eigenvalue weighted by molar-refractivity contribution is 4.79. The third kappa shape index (κ3) is 29.5. The van der Waals surface area contributed by atoms with Crippen LogP contribution in [0.3, 0.4) is 0 Å². The van der Waals surface area contributed by atoms with Crippen molar-refractivity contribution in [3.63, 3.8) is 0 Å². The molecule has 0 aromatic rings. The van der Waals surface area contributed by atoms with Crippen molar-refractivity contribution in [1.82, 2.24) is 0 Å². The average Bonchev–Trinajstić information content (AvgIpc) is 2.92. The van der Waals surface area contributed by atoms with E-state index in [1.54, 1.807) is 0 Å². The zero-order chi connectivity index (χ0) is 30.2. The van der Waals surface area contributed by atoms with E-state index >= 15 is 0 Å². The number of nitrogens with zero attached hydrogens (tertiary/aromatic N) is 2. The first-order valence-electron chi connectivity index (χ1n) is 16.9. The first kappa shape index (κ1) is 40.7. The monoisotopic (exact) mass is 574 g/mol. The predicted molar refractivity (Wildman–Crippen MR) is 166 cm³/mol. The Kier molecular flexibility index (Phi) is 32.6. The quantitative estimate of drug-likeness (QED) is 0.0499. The first-order chi connectivity index (χ1) is 19.4. The van der Waals surface area contributed by atoms with Crippen LogP contribution in [0.4, 0.5) is 0 Å². The molecule has 2 N–H and O–H groups in total. The first-order valence-corrected chi connectivity index (χ1v) is 16.9. The summed E-state index contributed by atoms with van der Waals surface area (Å²) in [4.78, 5) is 20.0. The van der Waals surface area contributed by atoms with Gasteiger partial charge in [0.2, 0.25) is 5.54 Å². The summed E-state index contributed by atoms with van der Waals surface area (Å²) in [5, 5.41) is 35.3.